The van der Waals surface area contributed by atoms with Crippen molar-refractivity contribution < 1.29 is 14.5 Å². The normalized spacial score (nSPS) is 22.9. The topological polar surface area (TPSA) is 33.4 Å². The number of ether oxygens (including phenoxy) is 1. The maximum atomic E-state index is 5.49. The SMILES string of the molecule is S=C1NC[NH+](Cc2ccccc2)CN1CCC[NH+]1CCOCC1. The minimum absolute atomic E-state index is 0.911. The summed E-state index contributed by atoms with van der Waals surface area (Å²) in [6.45, 7) is 9.34. The minimum Gasteiger partial charge on any atom is -0.370 e. The van der Waals surface area contributed by atoms with Crippen LogP contribution in [0.15, 0.2) is 30.3 Å². The Morgan fingerprint density at radius 3 is 2.70 bits per heavy atom. The summed E-state index contributed by atoms with van der Waals surface area (Å²) >= 11 is 5.49. The van der Waals surface area contributed by atoms with E-state index < -0.39 is 0 Å². The molecule has 2 aliphatic rings. The number of rotatable bonds is 6. The van der Waals surface area contributed by atoms with Gasteiger partial charge in [-0.15, -0.1) is 0 Å². The van der Waals surface area contributed by atoms with Gasteiger partial charge in [-0.05, 0) is 12.2 Å². The zero-order valence-electron chi connectivity index (χ0n) is 13.7. The largest absolute Gasteiger partial charge is 0.370 e. The fourth-order valence-corrected chi connectivity index (χ4v) is 3.55. The maximum absolute atomic E-state index is 5.49. The van der Waals surface area contributed by atoms with Gasteiger partial charge in [0.25, 0.3) is 0 Å². The molecule has 5 nitrogen and oxygen atoms in total. The molecule has 3 N–H and O–H groups in total. The quantitative estimate of drug-likeness (QED) is 0.552. The van der Waals surface area contributed by atoms with Gasteiger partial charge in [0.1, 0.15) is 19.6 Å². The monoisotopic (exact) mass is 336 g/mol. The van der Waals surface area contributed by atoms with Gasteiger partial charge in [-0.3, -0.25) is 4.90 Å². The van der Waals surface area contributed by atoms with Crippen LogP contribution in [0, 0.1) is 0 Å². The van der Waals surface area contributed by atoms with Gasteiger partial charge in [0.15, 0.2) is 18.4 Å². The Kier molecular flexibility index (Phi) is 6.21. The maximum Gasteiger partial charge on any atom is 0.177 e. The van der Waals surface area contributed by atoms with Crippen LogP contribution in [0.1, 0.15) is 12.0 Å². The highest BCUT2D eigenvalue weighted by atomic mass is 32.1. The predicted octanol–water partition coefficient (Wildman–Crippen LogP) is -1.52. The standard InChI is InChI=1S/C17H26N4OS/c23-17-18-14-20(13-16-5-2-1-3-6-16)15-21(17)8-4-7-19-9-11-22-12-10-19/h1-3,5-6H,4,7-15H2,(H,18,23)/p+2. The average Bonchev–Trinajstić information content (AvgIpc) is 2.59. The average molecular weight is 337 g/mol. The van der Waals surface area contributed by atoms with Crippen molar-refractivity contribution in [1.29, 1.82) is 0 Å². The van der Waals surface area contributed by atoms with Gasteiger partial charge in [0.2, 0.25) is 0 Å². The molecule has 6 heteroatoms. The molecule has 2 saturated heterocycles. The summed E-state index contributed by atoms with van der Waals surface area (Å²) in [4.78, 5) is 5.51. The highest BCUT2D eigenvalue weighted by Crippen LogP contribution is 1.97. The minimum atomic E-state index is 0.911. The molecule has 0 spiro atoms. The summed E-state index contributed by atoms with van der Waals surface area (Å²) in [6, 6.07) is 10.7. The Morgan fingerprint density at radius 2 is 1.91 bits per heavy atom. The molecule has 2 fully saturated rings. The Hall–Kier alpha value is -1.21. The van der Waals surface area contributed by atoms with E-state index in [1.807, 2.05) is 0 Å². The van der Waals surface area contributed by atoms with Crippen LogP contribution in [0.3, 0.4) is 0 Å². The Bertz CT molecular complexity index is 493. The van der Waals surface area contributed by atoms with Crippen LogP contribution in [0.4, 0.5) is 0 Å². The van der Waals surface area contributed by atoms with Crippen LogP contribution in [-0.4, -0.2) is 62.7 Å². The van der Waals surface area contributed by atoms with Gasteiger partial charge in [0.05, 0.1) is 19.8 Å². The summed E-state index contributed by atoms with van der Waals surface area (Å²) in [5, 5.41) is 4.30. The smallest absolute Gasteiger partial charge is 0.177 e. The molecule has 1 aromatic carbocycles. The van der Waals surface area contributed by atoms with Crippen molar-refractivity contribution in [1.82, 2.24) is 10.2 Å². The molecule has 2 aliphatic heterocycles. The Balaban J connectivity index is 1.43. The van der Waals surface area contributed by atoms with Crippen LogP contribution in [0.25, 0.3) is 0 Å². The van der Waals surface area contributed by atoms with E-state index in [4.69, 9.17) is 17.0 Å². The third-order valence-electron chi connectivity index (χ3n) is 4.65. The number of hydrogen-bond donors (Lipinski definition) is 3. The van der Waals surface area contributed by atoms with E-state index in [9.17, 15) is 0 Å². The predicted molar refractivity (Wildman–Crippen MR) is 94.3 cm³/mol. The molecule has 0 aromatic heterocycles. The molecule has 1 aromatic rings. The summed E-state index contributed by atoms with van der Waals surface area (Å²) in [5.41, 5.74) is 1.38. The lowest BCUT2D eigenvalue weighted by molar-refractivity contribution is -0.927. The van der Waals surface area contributed by atoms with Crippen LogP contribution in [0.2, 0.25) is 0 Å². The number of morpholine rings is 1. The van der Waals surface area contributed by atoms with Crippen molar-refractivity contribution >= 4 is 17.3 Å². The van der Waals surface area contributed by atoms with E-state index in [0.717, 1.165) is 57.8 Å². The Labute approximate surface area is 144 Å². The summed E-state index contributed by atoms with van der Waals surface area (Å²) in [6.07, 6.45) is 1.19. The molecular weight excluding hydrogens is 308 g/mol. The number of benzene rings is 1. The van der Waals surface area contributed by atoms with E-state index >= 15 is 0 Å². The first kappa shape index (κ1) is 16.6. The second kappa shape index (κ2) is 8.59. The van der Waals surface area contributed by atoms with Crippen LogP contribution < -0.4 is 15.1 Å². The number of hydrogen-bond acceptors (Lipinski definition) is 2. The van der Waals surface area contributed by atoms with Crippen LogP contribution in [-0.2, 0) is 11.3 Å². The van der Waals surface area contributed by atoms with Gasteiger partial charge in [0, 0.05) is 18.5 Å². The molecule has 0 amide bonds. The summed E-state index contributed by atoms with van der Waals surface area (Å²) in [7, 11) is 0. The first-order chi connectivity index (χ1) is 11.3. The van der Waals surface area contributed by atoms with Crippen molar-refractivity contribution in [3.05, 3.63) is 35.9 Å². The van der Waals surface area contributed by atoms with E-state index in [-0.39, 0.29) is 0 Å². The number of nitrogens with one attached hydrogen (secondary N) is 3. The molecule has 0 radical (unpaired) electrons. The molecular formula is C17H28N4OS+2. The van der Waals surface area contributed by atoms with Gasteiger partial charge < -0.3 is 19.9 Å². The van der Waals surface area contributed by atoms with Gasteiger partial charge >= 0.3 is 0 Å². The molecule has 1 atom stereocenters. The van der Waals surface area contributed by atoms with Crippen molar-refractivity contribution in [3.63, 3.8) is 0 Å². The molecule has 0 bridgehead atoms. The van der Waals surface area contributed by atoms with Gasteiger partial charge in [-0.2, -0.15) is 0 Å². The lowest BCUT2D eigenvalue weighted by Gasteiger charge is -2.35. The van der Waals surface area contributed by atoms with E-state index in [1.54, 1.807) is 4.90 Å². The molecule has 1 unspecified atom stereocenters. The number of nitrogens with zero attached hydrogens (tertiary/aromatic N) is 1. The van der Waals surface area contributed by atoms with Crippen molar-refractivity contribution in [2.75, 3.05) is 52.7 Å². The zero-order valence-corrected chi connectivity index (χ0v) is 14.5. The lowest BCUT2D eigenvalue weighted by Crippen LogP contribution is -3.16. The van der Waals surface area contributed by atoms with Gasteiger partial charge in [-0.25, -0.2) is 0 Å². The number of quaternary nitrogens is 2. The third kappa shape index (κ3) is 5.14. The molecule has 126 valence electrons. The zero-order chi connectivity index (χ0) is 15.9. The van der Waals surface area contributed by atoms with Crippen molar-refractivity contribution in [2.45, 2.75) is 13.0 Å². The van der Waals surface area contributed by atoms with Gasteiger partial charge in [-0.1, -0.05) is 30.3 Å². The molecule has 3 rings (SSSR count). The number of thiocarbonyl (C=S) groups is 1. The second-order valence-corrected chi connectivity index (χ2v) is 6.85. The molecule has 23 heavy (non-hydrogen) atoms. The third-order valence-corrected chi connectivity index (χ3v) is 5.05. The van der Waals surface area contributed by atoms with Crippen LogP contribution in [0.5, 0.6) is 0 Å². The summed E-state index contributed by atoms with van der Waals surface area (Å²) in [5.74, 6) is 0. The second-order valence-electron chi connectivity index (χ2n) is 6.46. The van der Waals surface area contributed by atoms with E-state index in [0.29, 0.717) is 0 Å². The first-order valence-corrected chi connectivity index (χ1v) is 9.03. The summed E-state index contributed by atoms with van der Waals surface area (Å²) < 4.78 is 5.42. The first-order valence-electron chi connectivity index (χ1n) is 8.63. The molecule has 0 saturated carbocycles. The van der Waals surface area contributed by atoms with Crippen molar-refractivity contribution in [3.8, 4) is 0 Å². The Morgan fingerprint density at radius 1 is 1.13 bits per heavy atom. The molecule has 2 heterocycles. The van der Waals surface area contributed by atoms with E-state index in [2.05, 4.69) is 40.5 Å². The fraction of sp³-hybridized carbons (Fsp3) is 0.588. The van der Waals surface area contributed by atoms with Crippen LogP contribution >= 0.6 is 12.2 Å². The fourth-order valence-electron chi connectivity index (χ4n) is 3.32. The highest BCUT2D eigenvalue weighted by Gasteiger charge is 2.23. The highest BCUT2D eigenvalue weighted by molar-refractivity contribution is 7.80. The molecule has 0 aliphatic carbocycles. The lowest BCUT2D eigenvalue weighted by atomic mass is 10.2. The van der Waals surface area contributed by atoms with E-state index in [1.165, 1.54) is 23.4 Å². The van der Waals surface area contributed by atoms with Crippen molar-refractivity contribution in [2.24, 2.45) is 0 Å².